The molecule has 0 aliphatic rings. The van der Waals surface area contributed by atoms with Gasteiger partial charge in [-0.3, -0.25) is 0 Å². The Balaban J connectivity index is 2.19. The van der Waals surface area contributed by atoms with Crippen LogP contribution in [-0.4, -0.2) is 20.2 Å². The first-order valence-electron chi connectivity index (χ1n) is 7.26. The lowest BCUT2D eigenvalue weighted by Gasteiger charge is -2.20. The number of halogens is 2. The van der Waals surface area contributed by atoms with Crippen LogP contribution in [0.5, 0.6) is 5.75 Å². The third-order valence-electron chi connectivity index (χ3n) is 3.25. The second-order valence-electron chi connectivity index (χ2n) is 5.19. The number of alkyl halides is 2. The van der Waals surface area contributed by atoms with E-state index in [1.165, 1.54) is 12.1 Å². The van der Waals surface area contributed by atoms with Crippen molar-refractivity contribution in [3.63, 3.8) is 0 Å². The van der Waals surface area contributed by atoms with Crippen LogP contribution in [0.15, 0.2) is 34.9 Å². The molecule has 0 bridgehead atoms. The van der Waals surface area contributed by atoms with Gasteiger partial charge in [0.1, 0.15) is 11.5 Å². The number of rotatable bonds is 8. The summed E-state index contributed by atoms with van der Waals surface area (Å²) in [5.74, 6) is -0.244. The van der Waals surface area contributed by atoms with Crippen molar-refractivity contribution >= 4 is 10.0 Å². The Labute approximate surface area is 138 Å². The molecule has 2 rings (SSSR count). The molecule has 0 spiro atoms. The third kappa shape index (κ3) is 5.00. The molecule has 1 aromatic carbocycles. The Morgan fingerprint density at radius 3 is 2.62 bits per heavy atom. The molecular weight excluding hydrogens is 342 g/mol. The van der Waals surface area contributed by atoms with Crippen molar-refractivity contribution in [2.75, 3.05) is 0 Å². The van der Waals surface area contributed by atoms with E-state index in [1.807, 2.05) is 0 Å². The van der Waals surface area contributed by atoms with Crippen molar-refractivity contribution in [3.8, 4) is 5.75 Å². The van der Waals surface area contributed by atoms with Gasteiger partial charge in [0.05, 0.1) is 11.7 Å². The predicted molar refractivity (Wildman–Crippen MR) is 83.1 cm³/mol. The fraction of sp³-hybridized carbons (Fsp3) is 0.400. The molecule has 9 heteroatoms. The SMILES string of the molecule is CCC(NS(=O)(=O)Cc1cc(C)no1)c1ccccc1OC(F)F. The number of aryl methyl sites for hydroxylation is 1. The van der Waals surface area contributed by atoms with Crippen molar-refractivity contribution < 1.29 is 26.5 Å². The van der Waals surface area contributed by atoms with E-state index < -0.39 is 22.7 Å². The second kappa shape index (κ2) is 7.71. The maximum Gasteiger partial charge on any atom is 0.387 e. The van der Waals surface area contributed by atoms with Crippen LogP contribution in [0.4, 0.5) is 8.78 Å². The number of hydrogen-bond donors (Lipinski definition) is 1. The zero-order valence-electron chi connectivity index (χ0n) is 13.2. The molecule has 6 nitrogen and oxygen atoms in total. The van der Waals surface area contributed by atoms with E-state index in [0.29, 0.717) is 17.7 Å². The van der Waals surface area contributed by atoms with Crippen molar-refractivity contribution in [2.24, 2.45) is 0 Å². The summed E-state index contributed by atoms with van der Waals surface area (Å²) in [7, 11) is -3.75. The Bertz CT molecular complexity index is 777. The van der Waals surface area contributed by atoms with E-state index in [9.17, 15) is 17.2 Å². The Kier molecular flexibility index (Phi) is 5.89. The molecule has 1 heterocycles. The number of hydrogen-bond acceptors (Lipinski definition) is 5. The number of benzene rings is 1. The highest BCUT2D eigenvalue weighted by atomic mass is 32.2. The lowest BCUT2D eigenvalue weighted by atomic mass is 10.0. The lowest BCUT2D eigenvalue weighted by molar-refractivity contribution is -0.0506. The minimum absolute atomic E-state index is 0.0578. The quantitative estimate of drug-likeness (QED) is 0.782. The molecule has 0 radical (unpaired) electrons. The van der Waals surface area contributed by atoms with Gasteiger partial charge in [-0.1, -0.05) is 30.3 Å². The first kappa shape index (κ1) is 18.3. The average molecular weight is 360 g/mol. The van der Waals surface area contributed by atoms with E-state index in [1.54, 1.807) is 32.0 Å². The van der Waals surface area contributed by atoms with Crippen LogP contribution in [0.1, 0.15) is 36.4 Å². The monoisotopic (exact) mass is 360 g/mol. The van der Waals surface area contributed by atoms with Gasteiger partial charge in [0.15, 0.2) is 5.76 Å². The largest absolute Gasteiger partial charge is 0.434 e. The highest BCUT2D eigenvalue weighted by Crippen LogP contribution is 2.29. The van der Waals surface area contributed by atoms with Crippen molar-refractivity contribution in [1.82, 2.24) is 9.88 Å². The molecule has 1 atom stereocenters. The number of nitrogens with one attached hydrogen (secondary N) is 1. The number of para-hydroxylation sites is 1. The van der Waals surface area contributed by atoms with Crippen molar-refractivity contribution in [1.29, 1.82) is 0 Å². The van der Waals surface area contributed by atoms with Gasteiger partial charge in [-0.2, -0.15) is 8.78 Å². The lowest BCUT2D eigenvalue weighted by Crippen LogP contribution is -2.29. The minimum atomic E-state index is -3.75. The molecule has 0 saturated heterocycles. The normalized spacial score (nSPS) is 13.2. The zero-order chi connectivity index (χ0) is 17.7. The fourth-order valence-corrected chi connectivity index (χ4v) is 3.59. The van der Waals surface area contributed by atoms with E-state index in [0.717, 1.165) is 0 Å². The van der Waals surface area contributed by atoms with Crippen molar-refractivity contribution in [3.05, 3.63) is 47.3 Å². The summed E-state index contributed by atoms with van der Waals surface area (Å²) in [6.45, 7) is 0.433. The first-order valence-corrected chi connectivity index (χ1v) is 8.92. The molecular formula is C15H18F2N2O4S. The van der Waals surface area contributed by atoms with Crippen molar-refractivity contribution in [2.45, 2.75) is 38.7 Å². The highest BCUT2D eigenvalue weighted by molar-refractivity contribution is 7.88. The summed E-state index contributed by atoms with van der Waals surface area (Å²) < 4.78 is 61.5. The molecule has 0 fully saturated rings. The van der Waals surface area contributed by atoms with Gasteiger partial charge < -0.3 is 9.26 Å². The predicted octanol–water partition coefficient (Wildman–Crippen LogP) is 3.16. The molecule has 0 aliphatic heterocycles. The zero-order valence-corrected chi connectivity index (χ0v) is 14.0. The molecule has 132 valence electrons. The molecule has 1 N–H and O–H groups in total. The summed E-state index contributed by atoms with van der Waals surface area (Å²) in [6.07, 6.45) is 0.359. The van der Waals surface area contributed by atoms with Crippen LogP contribution in [-0.2, 0) is 15.8 Å². The summed E-state index contributed by atoms with van der Waals surface area (Å²) in [4.78, 5) is 0. The van der Waals surface area contributed by atoms with Crippen LogP contribution < -0.4 is 9.46 Å². The molecule has 1 unspecified atom stereocenters. The van der Waals surface area contributed by atoms with Crippen LogP contribution in [0.2, 0.25) is 0 Å². The summed E-state index contributed by atoms with van der Waals surface area (Å²) in [5, 5.41) is 3.63. The fourth-order valence-electron chi connectivity index (χ4n) is 2.27. The third-order valence-corrected chi connectivity index (χ3v) is 4.56. The van der Waals surface area contributed by atoms with Crippen LogP contribution in [0, 0.1) is 6.92 Å². The van der Waals surface area contributed by atoms with Gasteiger partial charge in [0.2, 0.25) is 10.0 Å². The summed E-state index contributed by atoms with van der Waals surface area (Å²) in [5.41, 5.74) is 0.917. The Morgan fingerprint density at radius 2 is 2.04 bits per heavy atom. The maximum atomic E-state index is 12.5. The number of aromatic nitrogens is 1. The maximum absolute atomic E-state index is 12.5. The van der Waals surface area contributed by atoms with Crippen LogP contribution in [0.25, 0.3) is 0 Å². The van der Waals surface area contributed by atoms with Gasteiger partial charge in [-0.15, -0.1) is 0 Å². The number of sulfonamides is 1. The first-order chi connectivity index (χ1) is 11.3. The second-order valence-corrected chi connectivity index (χ2v) is 6.94. The molecule has 0 amide bonds. The van der Waals surface area contributed by atoms with Gasteiger partial charge in [0, 0.05) is 11.6 Å². The smallest absolute Gasteiger partial charge is 0.387 e. The van der Waals surface area contributed by atoms with Gasteiger partial charge >= 0.3 is 6.61 Å². The summed E-state index contributed by atoms with van der Waals surface area (Å²) in [6, 6.07) is 6.91. The van der Waals surface area contributed by atoms with E-state index in [-0.39, 0.29) is 17.3 Å². The molecule has 0 saturated carbocycles. The van der Waals surface area contributed by atoms with Crippen LogP contribution >= 0.6 is 0 Å². The molecule has 24 heavy (non-hydrogen) atoms. The van der Waals surface area contributed by atoms with Crippen LogP contribution in [0.3, 0.4) is 0 Å². The van der Waals surface area contributed by atoms with Gasteiger partial charge in [-0.25, -0.2) is 13.1 Å². The van der Waals surface area contributed by atoms with Gasteiger partial charge in [-0.05, 0) is 19.4 Å². The van der Waals surface area contributed by atoms with E-state index in [2.05, 4.69) is 14.6 Å². The number of ether oxygens (including phenoxy) is 1. The highest BCUT2D eigenvalue weighted by Gasteiger charge is 2.23. The summed E-state index contributed by atoms with van der Waals surface area (Å²) >= 11 is 0. The Hall–Kier alpha value is -2.00. The van der Waals surface area contributed by atoms with E-state index >= 15 is 0 Å². The minimum Gasteiger partial charge on any atom is -0.434 e. The van der Waals surface area contributed by atoms with E-state index in [4.69, 9.17) is 4.52 Å². The average Bonchev–Trinajstić information content (AvgIpc) is 2.89. The topological polar surface area (TPSA) is 81.4 Å². The molecule has 2 aromatic rings. The Morgan fingerprint density at radius 1 is 1.33 bits per heavy atom. The molecule has 0 aliphatic carbocycles. The van der Waals surface area contributed by atoms with Gasteiger partial charge in [0.25, 0.3) is 0 Å². The molecule has 1 aromatic heterocycles. The number of nitrogens with zero attached hydrogens (tertiary/aromatic N) is 1. The standard InChI is InChI=1S/C15H18F2N2O4S/c1-3-13(12-6-4-5-7-14(12)22-15(16)17)19-24(20,21)9-11-8-10(2)18-23-11/h4-8,13,15,19H,3,9H2,1-2H3.